The molecule has 1 aromatic rings. The number of rotatable bonds is 3. The Morgan fingerprint density at radius 3 is 2.40 bits per heavy atom. The fourth-order valence-corrected chi connectivity index (χ4v) is 4.95. The quantitative estimate of drug-likeness (QED) is 0.718. The van der Waals surface area contributed by atoms with Gasteiger partial charge in [0.1, 0.15) is 12.4 Å². The van der Waals surface area contributed by atoms with Crippen LogP contribution in [0.25, 0.3) is 0 Å². The van der Waals surface area contributed by atoms with Crippen LogP contribution < -0.4 is 5.69 Å². The van der Waals surface area contributed by atoms with E-state index in [1.165, 1.54) is 4.68 Å². The molecule has 4 heterocycles. The molecular formula is C21H33N5O4. The molecule has 0 aromatic carbocycles. The lowest BCUT2D eigenvalue weighted by molar-refractivity contribution is -0.150. The number of amides is 2. The van der Waals surface area contributed by atoms with Crippen molar-refractivity contribution in [3.05, 3.63) is 16.3 Å². The van der Waals surface area contributed by atoms with Gasteiger partial charge in [0.25, 0.3) is 0 Å². The first-order chi connectivity index (χ1) is 14.4. The van der Waals surface area contributed by atoms with Crippen LogP contribution in [-0.2, 0) is 33.8 Å². The first kappa shape index (κ1) is 21.1. The Kier molecular flexibility index (Phi) is 6.26. The predicted molar refractivity (Wildman–Crippen MR) is 110 cm³/mol. The van der Waals surface area contributed by atoms with Gasteiger partial charge in [-0.3, -0.25) is 14.2 Å². The molecule has 9 heteroatoms. The first-order valence-electron chi connectivity index (χ1n) is 11.3. The van der Waals surface area contributed by atoms with Crippen LogP contribution in [0.3, 0.4) is 0 Å². The van der Waals surface area contributed by atoms with Gasteiger partial charge in [-0.25, -0.2) is 9.48 Å². The topological polar surface area (TPSA) is 89.7 Å². The Morgan fingerprint density at radius 1 is 1.00 bits per heavy atom. The highest BCUT2D eigenvalue weighted by Crippen LogP contribution is 2.22. The summed E-state index contributed by atoms with van der Waals surface area (Å²) in [6, 6.07) is 0. The van der Waals surface area contributed by atoms with Crippen molar-refractivity contribution in [1.82, 2.24) is 24.1 Å². The molecule has 30 heavy (non-hydrogen) atoms. The van der Waals surface area contributed by atoms with E-state index in [0.717, 1.165) is 31.5 Å². The predicted octanol–water partition coefficient (Wildman–Crippen LogP) is 0.646. The van der Waals surface area contributed by atoms with E-state index in [2.05, 4.69) is 5.10 Å². The van der Waals surface area contributed by atoms with Gasteiger partial charge in [-0.2, -0.15) is 5.10 Å². The summed E-state index contributed by atoms with van der Waals surface area (Å²) in [7, 11) is 0. The minimum absolute atomic E-state index is 0.0179. The lowest BCUT2D eigenvalue weighted by Gasteiger charge is -2.39. The van der Waals surface area contributed by atoms with Crippen LogP contribution in [0.5, 0.6) is 0 Å². The second kappa shape index (κ2) is 8.91. The lowest BCUT2D eigenvalue weighted by Crippen LogP contribution is -2.52. The van der Waals surface area contributed by atoms with Crippen LogP contribution in [-0.4, -0.2) is 74.3 Å². The molecule has 2 amide bonds. The molecule has 2 unspecified atom stereocenters. The van der Waals surface area contributed by atoms with Crippen molar-refractivity contribution in [2.24, 2.45) is 5.92 Å². The van der Waals surface area contributed by atoms with Crippen molar-refractivity contribution in [1.29, 1.82) is 0 Å². The number of fused-ring (bicyclic) bond motifs is 1. The van der Waals surface area contributed by atoms with Crippen LogP contribution in [0.1, 0.15) is 51.8 Å². The molecule has 2 saturated heterocycles. The molecule has 3 aliphatic heterocycles. The molecule has 0 saturated carbocycles. The SMILES string of the molecule is CC1CN(C(=O)C2CCN(C(=O)Cn3nc4n(c3=O)CCCCC4)CC2)CC(C)O1. The number of aromatic nitrogens is 3. The van der Waals surface area contributed by atoms with Gasteiger partial charge in [0.05, 0.1) is 12.2 Å². The first-order valence-corrected chi connectivity index (χ1v) is 11.3. The van der Waals surface area contributed by atoms with E-state index >= 15 is 0 Å². The van der Waals surface area contributed by atoms with Gasteiger partial charge in [-0.15, -0.1) is 0 Å². The smallest absolute Gasteiger partial charge is 0.346 e. The number of hydrogen-bond acceptors (Lipinski definition) is 5. The van der Waals surface area contributed by atoms with Gasteiger partial charge in [0.2, 0.25) is 11.8 Å². The Bertz CT molecular complexity index is 829. The molecule has 0 bridgehead atoms. The Balaban J connectivity index is 1.32. The summed E-state index contributed by atoms with van der Waals surface area (Å²) in [4.78, 5) is 41.9. The molecule has 0 radical (unpaired) electrons. The summed E-state index contributed by atoms with van der Waals surface area (Å²) in [6.07, 6.45) is 5.37. The molecule has 2 fully saturated rings. The van der Waals surface area contributed by atoms with E-state index in [9.17, 15) is 14.4 Å². The monoisotopic (exact) mass is 419 g/mol. The zero-order valence-electron chi connectivity index (χ0n) is 18.1. The third-order valence-corrected chi connectivity index (χ3v) is 6.49. The Hall–Kier alpha value is -2.16. The number of nitrogens with zero attached hydrogens (tertiary/aromatic N) is 5. The molecule has 0 spiro atoms. The zero-order valence-corrected chi connectivity index (χ0v) is 18.1. The van der Waals surface area contributed by atoms with Crippen LogP contribution >= 0.6 is 0 Å². The number of hydrogen-bond donors (Lipinski definition) is 0. The zero-order chi connectivity index (χ0) is 21.3. The second-order valence-corrected chi connectivity index (χ2v) is 8.97. The van der Waals surface area contributed by atoms with E-state index in [0.29, 0.717) is 45.6 Å². The Labute approximate surface area is 177 Å². The largest absolute Gasteiger partial charge is 0.372 e. The van der Waals surface area contributed by atoms with E-state index in [-0.39, 0.29) is 42.2 Å². The Morgan fingerprint density at radius 2 is 1.70 bits per heavy atom. The molecule has 9 nitrogen and oxygen atoms in total. The fraction of sp³-hybridized carbons (Fsp3) is 0.810. The van der Waals surface area contributed by atoms with Gasteiger partial charge < -0.3 is 14.5 Å². The summed E-state index contributed by atoms with van der Waals surface area (Å²) < 4.78 is 8.76. The molecule has 2 atom stereocenters. The van der Waals surface area contributed by atoms with Crippen molar-refractivity contribution < 1.29 is 14.3 Å². The molecular weight excluding hydrogens is 386 g/mol. The minimum atomic E-state index is -0.180. The molecule has 0 aliphatic carbocycles. The van der Waals surface area contributed by atoms with Crippen LogP contribution in [0.4, 0.5) is 0 Å². The average molecular weight is 420 g/mol. The number of carbonyl (C=O) groups excluding carboxylic acids is 2. The van der Waals surface area contributed by atoms with E-state index < -0.39 is 0 Å². The number of ether oxygens (including phenoxy) is 1. The number of carbonyl (C=O) groups is 2. The van der Waals surface area contributed by atoms with Gasteiger partial charge >= 0.3 is 5.69 Å². The number of piperidine rings is 1. The lowest BCUT2D eigenvalue weighted by atomic mass is 9.94. The van der Waals surface area contributed by atoms with Gasteiger partial charge in [0.15, 0.2) is 0 Å². The number of likely N-dealkylation sites (tertiary alicyclic amines) is 1. The summed E-state index contributed by atoms with van der Waals surface area (Å²) in [5.41, 5.74) is -0.180. The van der Waals surface area contributed by atoms with Crippen molar-refractivity contribution >= 4 is 11.8 Å². The number of aryl methyl sites for hydroxylation is 1. The fourth-order valence-electron chi connectivity index (χ4n) is 4.95. The molecule has 0 N–H and O–H groups in total. The second-order valence-electron chi connectivity index (χ2n) is 8.97. The summed E-state index contributed by atoms with van der Waals surface area (Å²) in [5.74, 6) is 0.838. The van der Waals surface area contributed by atoms with Crippen molar-refractivity contribution in [3.8, 4) is 0 Å². The van der Waals surface area contributed by atoms with Crippen LogP contribution in [0.15, 0.2) is 4.79 Å². The molecule has 4 rings (SSSR count). The maximum absolute atomic E-state index is 12.9. The van der Waals surface area contributed by atoms with E-state index in [1.807, 2.05) is 18.7 Å². The van der Waals surface area contributed by atoms with E-state index in [1.54, 1.807) is 9.47 Å². The van der Waals surface area contributed by atoms with Crippen molar-refractivity contribution in [2.75, 3.05) is 26.2 Å². The maximum atomic E-state index is 12.9. The highest BCUT2D eigenvalue weighted by Gasteiger charge is 2.33. The normalized spacial score (nSPS) is 25.7. The summed E-state index contributed by atoms with van der Waals surface area (Å²) in [5, 5.41) is 4.41. The van der Waals surface area contributed by atoms with Gasteiger partial charge in [-0.1, -0.05) is 6.42 Å². The highest BCUT2D eigenvalue weighted by atomic mass is 16.5. The molecule has 1 aromatic heterocycles. The molecule has 3 aliphatic rings. The minimum Gasteiger partial charge on any atom is -0.372 e. The van der Waals surface area contributed by atoms with E-state index in [4.69, 9.17) is 4.74 Å². The van der Waals surface area contributed by atoms with Gasteiger partial charge in [-0.05, 0) is 39.5 Å². The summed E-state index contributed by atoms with van der Waals surface area (Å²) >= 11 is 0. The third kappa shape index (κ3) is 4.45. The van der Waals surface area contributed by atoms with Gasteiger partial charge in [0, 0.05) is 45.1 Å². The van der Waals surface area contributed by atoms with Crippen LogP contribution in [0, 0.1) is 5.92 Å². The number of morpholine rings is 1. The van der Waals surface area contributed by atoms with Crippen LogP contribution in [0.2, 0.25) is 0 Å². The standard InChI is InChI=1S/C21H33N5O4/c1-15-12-24(13-16(2)30-15)20(28)17-7-10-23(11-8-17)19(27)14-26-21(29)25-9-5-3-4-6-18(25)22-26/h15-17H,3-14H2,1-2H3. The molecule has 166 valence electrons. The summed E-state index contributed by atoms with van der Waals surface area (Å²) in [6.45, 7) is 7.03. The third-order valence-electron chi connectivity index (χ3n) is 6.49. The average Bonchev–Trinajstić information content (AvgIpc) is 2.88. The maximum Gasteiger partial charge on any atom is 0.346 e. The van der Waals surface area contributed by atoms with Crippen molar-refractivity contribution in [2.45, 2.75) is 77.7 Å². The van der Waals surface area contributed by atoms with Crippen molar-refractivity contribution in [3.63, 3.8) is 0 Å². The highest BCUT2D eigenvalue weighted by molar-refractivity contribution is 5.80.